The molecule has 0 atom stereocenters. The third kappa shape index (κ3) is 24.1. The molecule has 0 aliphatic carbocycles. The maximum Gasteiger partial charge on any atom is 0.311 e. The average Bonchev–Trinajstić information content (AvgIpc) is 2.98. The summed E-state index contributed by atoms with van der Waals surface area (Å²) in [5.74, 6) is 12.8. The number of unbranched alkanes of at least 4 members (excludes halogenated alkanes) is 12. The summed E-state index contributed by atoms with van der Waals surface area (Å²) >= 11 is 0. The van der Waals surface area contributed by atoms with Crippen LogP contribution in [0.2, 0.25) is 0 Å². The summed E-state index contributed by atoms with van der Waals surface area (Å²) < 4.78 is 11.0. The normalized spacial score (nSPS) is 11.2. The second-order valence-electron chi connectivity index (χ2n) is 13.5. The van der Waals surface area contributed by atoms with Crippen LogP contribution in [-0.4, -0.2) is 30.9 Å². The zero-order valence-electron chi connectivity index (χ0n) is 29.5. The first-order chi connectivity index (χ1) is 21.1. The van der Waals surface area contributed by atoms with Crippen molar-refractivity contribution in [2.75, 3.05) is 13.2 Å². The molecule has 0 N–H and O–H groups in total. The van der Waals surface area contributed by atoms with Crippen LogP contribution in [0.1, 0.15) is 183 Å². The van der Waals surface area contributed by atoms with E-state index in [1.165, 1.54) is 12.8 Å². The maximum absolute atomic E-state index is 12.5. The summed E-state index contributed by atoms with van der Waals surface area (Å²) in [7, 11) is 0. The molecule has 0 aliphatic heterocycles. The predicted molar refractivity (Wildman–Crippen MR) is 183 cm³/mol. The number of Topliss-reactive ketones (excluding diaryl/α,β-unsaturated/α-hetero) is 1. The lowest BCUT2D eigenvalue weighted by Gasteiger charge is -2.22. The van der Waals surface area contributed by atoms with Gasteiger partial charge in [-0.2, -0.15) is 0 Å². The molecule has 0 saturated carbocycles. The van der Waals surface area contributed by atoms with Gasteiger partial charge in [-0.05, 0) is 91.9 Å². The Morgan fingerprint density at radius 3 is 1.20 bits per heavy atom. The van der Waals surface area contributed by atoms with Crippen LogP contribution in [0.25, 0.3) is 0 Å². The van der Waals surface area contributed by atoms with E-state index in [4.69, 9.17) is 9.47 Å². The lowest BCUT2D eigenvalue weighted by atomic mass is 9.86. The quantitative estimate of drug-likeness (QED) is 0.0551. The lowest BCUT2D eigenvalue weighted by Crippen LogP contribution is -2.27. The van der Waals surface area contributed by atoms with Crippen LogP contribution in [0.4, 0.5) is 0 Å². The molecule has 0 fully saturated rings. The molecular formula is C39H66O5. The lowest BCUT2D eigenvalue weighted by molar-refractivity contribution is -0.155. The highest BCUT2D eigenvalue weighted by atomic mass is 16.5. The van der Waals surface area contributed by atoms with Crippen LogP contribution in [0.15, 0.2) is 0 Å². The van der Waals surface area contributed by atoms with Gasteiger partial charge in [0.25, 0.3) is 0 Å². The van der Waals surface area contributed by atoms with Gasteiger partial charge in [-0.25, -0.2) is 0 Å². The highest BCUT2D eigenvalue weighted by Gasteiger charge is 2.29. The Morgan fingerprint density at radius 1 is 0.477 bits per heavy atom. The molecule has 0 unspecified atom stereocenters. The molecule has 0 spiro atoms. The molecule has 0 bridgehead atoms. The SMILES string of the molecule is CCCCC#CCCCCOC(=O)C(C)(C)CCCCCC(=O)CCCCCC(C)(C)C(=O)OCCCCC#CCCCC. The highest BCUT2D eigenvalue weighted by molar-refractivity contribution is 5.78. The first-order valence-corrected chi connectivity index (χ1v) is 17.8. The van der Waals surface area contributed by atoms with E-state index in [1.807, 2.05) is 27.7 Å². The molecule has 0 amide bonds. The van der Waals surface area contributed by atoms with Crippen molar-refractivity contribution in [1.29, 1.82) is 0 Å². The summed E-state index contributed by atoms with van der Waals surface area (Å²) in [4.78, 5) is 37.3. The van der Waals surface area contributed by atoms with E-state index >= 15 is 0 Å². The number of rotatable bonds is 26. The first kappa shape index (κ1) is 41.7. The minimum Gasteiger partial charge on any atom is -0.465 e. The van der Waals surface area contributed by atoms with Crippen molar-refractivity contribution < 1.29 is 23.9 Å². The van der Waals surface area contributed by atoms with Crippen LogP contribution >= 0.6 is 0 Å². The van der Waals surface area contributed by atoms with E-state index < -0.39 is 10.8 Å². The van der Waals surface area contributed by atoms with Gasteiger partial charge in [0.1, 0.15) is 5.78 Å². The first-order valence-electron chi connectivity index (χ1n) is 17.8. The van der Waals surface area contributed by atoms with Gasteiger partial charge in [0.15, 0.2) is 0 Å². The molecule has 5 heteroatoms. The van der Waals surface area contributed by atoms with Gasteiger partial charge >= 0.3 is 11.9 Å². The number of carbonyl (C=O) groups is 3. The third-order valence-electron chi connectivity index (χ3n) is 8.04. The zero-order valence-corrected chi connectivity index (χ0v) is 29.5. The van der Waals surface area contributed by atoms with Gasteiger partial charge in [0.2, 0.25) is 0 Å². The Bertz CT molecular complexity index is 821. The summed E-state index contributed by atoms with van der Waals surface area (Å²) in [6, 6.07) is 0. The summed E-state index contributed by atoms with van der Waals surface area (Å²) in [6.07, 6.45) is 20.2. The van der Waals surface area contributed by atoms with Crippen molar-refractivity contribution in [1.82, 2.24) is 0 Å². The van der Waals surface area contributed by atoms with Crippen LogP contribution in [0.5, 0.6) is 0 Å². The van der Waals surface area contributed by atoms with E-state index in [9.17, 15) is 14.4 Å². The number of hydrogen-bond donors (Lipinski definition) is 0. The van der Waals surface area contributed by atoms with E-state index in [0.29, 0.717) is 31.8 Å². The third-order valence-corrected chi connectivity index (χ3v) is 8.04. The second-order valence-corrected chi connectivity index (χ2v) is 13.5. The standard InChI is InChI=1S/C39H66O5/c1-7-9-11-13-15-17-19-27-33-43-36(41)38(3,4)31-25-21-23-29-35(40)30-24-22-26-32-39(5,6)37(42)44-34-28-20-18-16-14-12-10-8-2/h7-12,17-34H2,1-6H3. The van der Waals surface area contributed by atoms with E-state index in [0.717, 1.165) is 116 Å². The predicted octanol–water partition coefficient (Wildman–Crippen LogP) is 10.3. The van der Waals surface area contributed by atoms with Crippen molar-refractivity contribution in [3.8, 4) is 23.7 Å². The number of ketones is 1. The van der Waals surface area contributed by atoms with E-state index in [1.54, 1.807) is 0 Å². The molecule has 0 radical (unpaired) electrons. The van der Waals surface area contributed by atoms with Crippen LogP contribution in [-0.2, 0) is 23.9 Å². The van der Waals surface area contributed by atoms with E-state index in [-0.39, 0.29) is 11.9 Å². The summed E-state index contributed by atoms with van der Waals surface area (Å²) in [5, 5.41) is 0. The van der Waals surface area contributed by atoms with Crippen molar-refractivity contribution in [3.63, 3.8) is 0 Å². The molecule has 44 heavy (non-hydrogen) atoms. The monoisotopic (exact) mass is 614 g/mol. The van der Waals surface area contributed by atoms with Gasteiger partial charge in [-0.3, -0.25) is 14.4 Å². The largest absolute Gasteiger partial charge is 0.465 e. The fourth-order valence-corrected chi connectivity index (χ4v) is 4.70. The molecular weight excluding hydrogens is 548 g/mol. The molecule has 0 aromatic heterocycles. The number of esters is 2. The fraction of sp³-hybridized carbons (Fsp3) is 0.821. The highest BCUT2D eigenvalue weighted by Crippen LogP contribution is 2.27. The van der Waals surface area contributed by atoms with Crippen LogP contribution in [0, 0.1) is 34.5 Å². The number of carbonyl (C=O) groups excluding carboxylic acids is 3. The minimum atomic E-state index is -0.493. The molecule has 0 saturated heterocycles. The van der Waals surface area contributed by atoms with Crippen LogP contribution < -0.4 is 0 Å². The molecule has 252 valence electrons. The molecule has 0 aromatic carbocycles. The van der Waals surface area contributed by atoms with Crippen molar-refractivity contribution >= 4 is 17.7 Å². The number of ether oxygens (including phenoxy) is 2. The van der Waals surface area contributed by atoms with Gasteiger partial charge < -0.3 is 9.47 Å². The Labute approximate surface area is 271 Å². The average molecular weight is 615 g/mol. The van der Waals surface area contributed by atoms with Gasteiger partial charge in [-0.15, -0.1) is 23.7 Å². The Hall–Kier alpha value is -2.27. The topological polar surface area (TPSA) is 69.7 Å². The Morgan fingerprint density at radius 2 is 0.841 bits per heavy atom. The fourth-order valence-electron chi connectivity index (χ4n) is 4.70. The zero-order chi connectivity index (χ0) is 32.9. The molecule has 0 heterocycles. The maximum atomic E-state index is 12.5. The van der Waals surface area contributed by atoms with Crippen LogP contribution in [0.3, 0.4) is 0 Å². The van der Waals surface area contributed by atoms with Gasteiger partial charge in [-0.1, -0.05) is 52.4 Å². The minimum absolute atomic E-state index is 0.127. The summed E-state index contributed by atoms with van der Waals surface area (Å²) in [6.45, 7) is 13.1. The number of hydrogen-bond acceptors (Lipinski definition) is 5. The molecule has 0 rings (SSSR count). The van der Waals surface area contributed by atoms with Crippen molar-refractivity contribution in [2.24, 2.45) is 10.8 Å². The van der Waals surface area contributed by atoms with Crippen molar-refractivity contribution in [3.05, 3.63) is 0 Å². The van der Waals surface area contributed by atoms with E-state index in [2.05, 4.69) is 37.5 Å². The summed E-state index contributed by atoms with van der Waals surface area (Å²) in [5.41, 5.74) is -0.986. The smallest absolute Gasteiger partial charge is 0.311 e. The molecule has 0 aromatic rings. The Balaban J connectivity index is 3.86. The Kier molecular flexibility index (Phi) is 25.7. The molecule has 0 aliphatic rings. The van der Waals surface area contributed by atoms with Gasteiger partial charge in [0, 0.05) is 38.5 Å². The van der Waals surface area contributed by atoms with Crippen molar-refractivity contribution in [2.45, 2.75) is 183 Å². The van der Waals surface area contributed by atoms with Gasteiger partial charge in [0.05, 0.1) is 24.0 Å². The molecule has 5 nitrogen and oxygen atoms in total. The second kappa shape index (κ2) is 27.1.